The van der Waals surface area contributed by atoms with Gasteiger partial charge in [0.1, 0.15) is 5.75 Å². The maximum absolute atomic E-state index is 5.78. The van der Waals surface area contributed by atoms with Crippen molar-refractivity contribution in [2.75, 3.05) is 5.32 Å². The van der Waals surface area contributed by atoms with Crippen LogP contribution in [0.15, 0.2) is 22.7 Å². The minimum atomic E-state index is 0.136. The Balaban J connectivity index is 2.14. The molecule has 1 heterocycles. The van der Waals surface area contributed by atoms with E-state index in [4.69, 9.17) is 4.74 Å². The lowest BCUT2D eigenvalue weighted by Crippen LogP contribution is -2.10. The van der Waals surface area contributed by atoms with Gasteiger partial charge in [-0.2, -0.15) is 0 Å². The zero-order valence-electron chi connectivity index (χ0n) is 11.1. The smallest absolute Gasteiger partial charge is 0.242 e. The predicted octanol–water partition coefficient (Wildman–Crippen LogP) is 2.37. The van der Waals surface area contributed by atoms with Crippen molar-refractivity contribution >= 4 is 21.9 Å². The molecule has 0 bridgehead atoms. The largest absolute Gasteiger partial charge is 0.491 e. The van der Waals surface area contributed by atoms with Gasteiger partial charge in [-0.1, -0.05) is 21.0 Å². The van der Waals surface area contributed by atoms with Crippen LogP contribution in [0.4, 0.5) is 5.95 Å². The standard InChI is InChI=1S/C12H16BrN5O/c1-8(2)19-11-5-4-10(13)6-9(11)7-14-12-15-16-17-18(12)3/h4-6,8H,7H2,1-3H3,(H,14,15,17). The monoisotopic (exact) mass is 325 g/mol. The van der Waals surface area contributed by atoms with E-state index in [1.165, 1.54) is 0 Å². The van der Waals surface area contributed by atoms with Gasteiger partial charge in [0, 0.05) is 23.6 Å². The minimum Gasteiger partial charge on any atom is -0.491 e. The molecule has 0 amide bonds. The van der Waals surface area contributed by atoms with Crippen molar-refractivity contribution in [3.8, 4) is 5.75 Å². The van der Waals surface area contributed by atoms with E-state index in [2.05, 4.69) is 36.8 Å². The Morgan fingerprint density at radius 3 is 2.84 bits per heavy atom. The summed E-state index contributed by atoms with van der Waals surface area (Å²) in [4.78, 5) is 0. The van der Waals surface area contributed by atoms with Crippen molar-refractivity contribution in [1.29, 1.82) is 0 Å². The maximum atomic E-state index is 5.78. The second-order valence-electron chi connectivity index (χ2n) is 4.40. The summed E-state index contributed by atoms with van der Waals surface area (Å²) >= 11 is 3.47. The molecule has 0 unspecified atom stereocenters. The Hall–Kier alpha value is -1.63. The second-order valence-corrected chi connectivity index (χ2v) is 5.31. The van der Waals surface area contributed by atoms with Gasteiger partial charge >= 0.3 is 0 Å². The molecular formula is C12H16BrN5O. The molecule has 0 radical (unpaired) electrons. The molecule has 0 fully saturated rings. The van der Waals surface area contributed by atoms with Gasteiger partial charge in [-0.05, 0) is 42.5 Å². The summed E-state index contributed by atoms with van der Waals surface area (Å²) < 4.78 is 8.38. The number of ether oxygens (including phenoxy) is 1. The summed E-state index contributed by atoms with van der Waals surface area (Å²) in [5.41, 5.74) is 1.05. The van der Waals surface area contributed by atoms with Gasteiger partial charge in [-0.3, -0.25) is 0 Å². The third-order valence-electron chi connectivity index (χ3n) is 2.44. The van der Waals surface area contributed by atoms with Crippen molar-refractivity contribution in [1.82, 2.24) is 20.2 Å². The molecular weight excluding hydrogens is 310 g/mol. The van der Waals surface area contributed by atoms with Crippen LogP contribution < -0.4 is 10.1 Å². The third-order valence-corrected chi connectivity index (χ3v) is 2.94. The van der Waals surface area contributed by atoms with Crippen molar-refractivity contribution in [3.63, 3.8) is 0 Å². The van der Waals surface area contributed by atoms with Crippen molar-refractivity contribution < 1.29 is 4.74 Å². The predicted molar refractivity (Wildman–Crippen MR) is 76.0 cm³/mol. The third kappa shape index (κ3) is 3.66. The fourth-order valence-electron chi connectivity index (χ4n) is 1.61. The van der Waals surface area contributed by atoms with Gasteiger partial charge in [0.05, 0.1) is 6.10 Å². The number of hydrogen-bond donors (Lipinski definition) is 1. The van der Waals surface area contributed by atoms with Crippen LogP contribution in [0.1, 0.15) is 19.4 Å². The molecule has 6 nitrogen and oxygen atoms in total. The van der Waals surface area contributed by atoms with Gasteiger partial charge in [0.15, 0.2) is 0 Å². The zero-order valence-corrected chi connectivity index (χ0v) is 12.7. The number of tetrazole rings is 1. The number of nitrogens with zero attached hydrogens (tertiary/aromatic N) is 4. The maximum Gasteiger partial charge on any atom is 0.242 e. The van der Waals surface area contributed by atoms with E-state index in [9.17, 15) is 0 Å². The van der Waals surface area contributed by atoms with E-state index in [-0.39, 0.29) is 6.10 Å². The Bertz CT molecular complexity index is 555. The molecule has 19 heavy (non-hydrogen) atoms. The minimum absolute atomic E-state index is 0.136. The van der Waals surface area contributed by atoms with E-state index < -0.39 is 0 Å². The number of benzene rings is 1. The van der Waals surface area contributed by atoms with Crippen LogP contribution in [0.25, 0.3) is 0 Å². The summed E-state index contributed by atoms with van der Waals surface area (Å²) in [5.74, 6) is 1.48. The van der Waals surface area contributed by atoms with Crippen LogP contribution in [0, 0.1) is 0 Å². The summed E-state index contributed by atoms with van der Waals surface area (Å²) in [6.07, 6.45) is 0.136. The molecule has 0 aliphatic rings. The van der Waals surface area contributed by atoms with Gasteiger partial charge in [0.2, 0.25) is 5.95 Å². The highest BCUT2D eigenvalue weighted by Crippen LogP contribution is 2.24. The number of aryl methyl sites for hydroxylation is 1. The Morgan fingerprint density at radius 1 is 1.42 bits per heavy atom. The van der Waals surface area contributed by atoms with E-state index in [1.54, 1.807) is 11.7 Å². The van der Waals surface area contributed by atoms with Crippen LogP contribution >= 0.6 is 15.9 Å². The molecule has 102 valence electrons. The molecule has 1 N–H and O–H groups in total. The molecule has 0 aliphatic heterocycles. The van der Waals surface area contributed by atoms with Crippen molar-refractivity contribution in [3.05, 3.63) is 28.2 Å². The lowest BCUT2D eigenvalue weighted by Gasteiger charge is -2.15. The average molecular weight is 326 g/mol. The molecule has 0 aliphatic carbocycles. The highest BCUT2D eigenvalue weighted by Gasteiger charge is 2.08. The van der Waals surface area contributed by atoms with Crippen LogP contribution in [-0.2, 0) is 13.6 Å². The molecule has 7 heteroatoms. The average Bonchev–Trinajstić information content (AvgIpc) is 2.75. The number of hydrogen-bond acceptors (Lipinski definition) is 5. The Kier molecular flexibility index (Phi) is 4.36. The van der Waals surface area contributed by atoms with Gasteiger partial charge in [0.25, 0.3) is 0 Å². The number of rotatable bonds is 5. The molecule has 2 rings (SSSR count). The SMILES string of the molecule is CC(C)Oc1ccc(Br)cc1CNc1nnnn1C. The van der Waals surface area contributed by atoms with Crippen molar-refractivity contribution in [2.45, 2.75) is 26.5 Å². The normalized spacial score (nSPS) is 10.8. The van der Waals surface area contributed by atoms with Gasteiger partial charge < -0.3 is 10.1 Å². The number of aromatic nitrogens is 4. The van der Waals surface area contributed by atoms with E-state index in [0.29, 0.717) is 12.5 Å². The quantitative estimate of drug-likeness (QED) is 0.914. The summed E-state index contributed by atoms with van der Waals surface area (Å²) in [6, 6.07) is 5.94. The molecule has 0 spiro atoms. The van der Waals surface area contributed by atoms with E-state index in [1.807, 2.05) is 32.0 Å². The lowest BCUT2D eigenvalue weighted by molar-refractivity contribution is 0.240. The highest BCUT2D eigenvalue weighted by molar-refractivity contribution is 9.10. The fourth-order valence-corrected chi connectivity index (χ4v) is 2.02. The van der Waals surface area contributed by atoms with Crippen LogP contribution in [0.3, 0.4) is 0 Å². The van der Waals surface area contributed by atoms with Gasteiger partial charge in [-0.25, -0.2) is 4.68 Å². The van der Waals surface area contributed by atoms with Crippen LogP contribution in [0.2, 0.25) is 0 Å². The molecule has 1 aromatic heterocycles. The number of nitrogens with one attached hydrogen (secondary N) is 1. The first kappa shape index (κ1) is 13.8. The van der Waals surface area contributed by atoms with E-state index >= 15 is 0 Å². The molecule has 1 aromatic carbocycles. The molecule has 0 saturated heterocycles. The molecule has 0 atom stereocenters. The topological polar surface area (TPSA) is 64.9 Å². The van der Waals surface area contributed by atoms with Crippen LogP contribution in [0.5, 0.6) is 5.75 Å². The fraction of sp³-hybridized carbons (Fsp3) is 0.417. The highest BCUT2D eigenvalue weighted by atomic mass is 79.9. The molecule has 2 aromatic rings. The summed E-state index contributed by atoms with van der Waals surface area (Å²) in [5, 5.41) is 14.4. The summed E-state index contributed by atoms with van der Waals surface area (Å²) in [6.45, 7) is 4.60. The Morgan fingerprint density at radius 2 is 2.21 bits per heavy atom. The molecule has 0 saturated carbocycles. The van der Waals surface area contributed by atoms with Gasteiger partial charge in [-0.15, -0.1) is 0 Å². The van der Waals surface area contributed by atoms with Crippen LogP contribution in [-0.4, -0.2) is 26.3 Å². The van der Waals surface area contributed by atoms with E-state index in [0.717, 1.165) is 15.8 Å². The Labute approximate surface area is 120 Å². The first-order chi connectivity index (χ1) is 9.06. The van der Waals surface area contributed by atoms with Crippen molar-refractivity contribution in [2.24, 2.45) is 7.05 Å². The summed E-state index contributed by atoms with van der Waals surface area (Å²) in [7, 11) is 1.79. The zero-order chi connectivity index (χ0) is 13.8. The number of halogens is 1. The lowest BCUT2D eigenvalue weighted by atomic mass is 10.2. The number of anilines is 1. The first-order valence-corrected chi connectivity index (χ1v) is 6.77. The first-order valence-electron chi connectivity index (χ1n) is 5.97. The second kappa shape index (κ2) is 6.01.